The minimum absolute atomic E-state index is 0.0122. The van der Waals surface area contributed by atoms with Crippen LogP contribution in [0.4, 0.5) is 0 Å². The van der Waals surface area contributed by atoms with E-state index in [0.717, 1.165) is 11.1 Å². The smallest absolute Gasteiger partial charge is 0.303 e. The van der Waals surface area contributed by atoms with Gasteiger partial charge in [-0.25, -0.2) is 8.42 Å². The van der Waals surface area contributed by atoms with E-state index in [1.165, 1.54) is 4.31 Å². The molecular formula is C20H24N2O5S. The number of carboxylic acid groups (broad SMARTS) is 1. The van der Waals surface area contributed by atoms with Crippen LogP contribution >= 0.6 is 0 Å². The Labute approximate surface area is 165 Å². The van der Waals surface area contributed by atoms with E-state index in [2.05, 4.69) is 4.98 Å². The summed E-state index contributed by atoms with van der Waals surface area (Å²) in [7, 11) is -2.03. The van der Waals surface area contributed by atoms with Crippen LogP contribution in [0.15, 0.2) is 41.3 Å². The van der Waals surface area contributed by atoms with Crippen LogP contribution in [0.3, 0.4) is 0 Å². The Bertz CT molecular complexity index is 970. The molecule has 7 nitrogen and oxygen atoms in total. The topological polar surface area (TPSA) is 100 Å². The van der Waals surface area contributed by atoms with E-state index in [-0.39, 0.29) is 12.5 Å². The van der Waals surface area contributed by atoms with Crippen LogP contribution in [0, 0.1) is 0 Å². The molecule has 1 aromatic heterocycles. The predicted molar refractivity (Wildman–Crippen MR) is 105 cm³/mol. The van der Waals surface area contributed by atoms with E-state index in [1.807, 2.05) is 25.1 Å². The van der Waals surface area contributed by atoms with E-state index in [1.54, 1.807) is 25.2 Å². The third-order valence-corrected chi connectivity index (χ3v) is 6.61. The largest absolute Gasteiger partial charge is 0.481 e. The number of epoxide rings is 1. The Morgan fingerprint density at radius 3 is 2.71 bits per heavy atom. The summed E-state index contributed by atoms with van der Waals surface area (Å²) in [5.41, 5.74) is 2.92. The van der Waals surface area contributed by atoms with E-state index >= 15 is 0 Å². The van der Waals surface area contributed by atoms with E-state index in [9.17, 15) is 13.2 Å². The second kappa shape index (κ2) is 8.38. The Morgan fingerprint density at radius 1 is 1.32 bits per heavy atom. The summed E-state index contributed by atoms with van der Waals surface area (Å²) in [6.07, 6.45) is 0.922. The molecule has 1 fully saturated rings. The lowest BCUT2D eigenvalue weighted by Crippen LogP contribution is -2.31. The molecule has 0 radical (unpaired) electrons. The first-order valence-electron chi connectivity index (χ1n) is 9.20. The first-order valence-corrected chi connectivity index (χ1v) is 10.6. The zero-order valence-electron chi connectivity index (χ0n) is 16.0. The number of benzene rings is 1. The maximum absolute atomic E-state index is 12.9. The van der Waals surface area contributed by atoms with Crippen molar-refractivity contribution in [2.45, 2.75) is 37.2 Å². The fraction of sp³-hybridized carbons (Fsp3) is 0.400. The van der Waals surface area contributed by atoms with Gasteiger partial charge in [-0.2, -0.15) is 4.31 Å². The molecule has 1 aliphatic heterocycles. The minimum atomic E-state index is -3.59. The zero-order chi connectivity index (χ0) is 20.3. The monoisotopic (exact) mass is 404 g/mol. The van der Waals surface area contributed by atoms with E-state index < -0.39 is 16.0 Å². The van der Waals surface area contributed by atoms with Crippen molar-refractivity contribution in [3.63, 3.8) is 0 Å². The zero-order valence-corrected chi connectivity index (χ0v) is 16.8. The molecule has 28 heavy (non-hydrogen) atoms. The molecule has 0 saturated carbocycles. The van der Waals surface area contributed by atoms with Gasteiger partial charge in [0, 0.05) is 31.3 Å². The summed E-state index contributed by atoms with van der Waals surface area (Å²) in [5, 5.41) is 8.84. The molecule has 150 valence electrons. The maximum atomic E-state index is 12.9. The number of sulfonamides is 1. The lowest BCUT2D eigenvalue weighted by atomic mass is 10.1. The Hall–Kier alpha value is -2.29. The van der Waals surface area contributed by atoms with Crippen LogP contribution < -0.4 is 0 Å². The highest BCUT2D eigenvalue weighted by molar-refractivity contribution is 7.89. The van der Waals surface area contributed by atoms with Gasteiger partial charge in [0.05, 0.1) is 29.7 Å². The summed E-state index contributed by atoms with van der Waals surface area (Å²) in [6, 6.07) is 10.7. The number of pyridine rings is 1. The molecule has 0 aliphatic carbocycles. The molecule has 2 aromatic rings. The van der Waals surface area contributed by atoms with Gasteiger partial charge >= 0.3 is 5.97 Å². The molecule has 1 N–H and O–H groups in total. The molecule has 0 bridgehead atoms. The first-order chi connectivity index (χ1) is 13.3. The van der Waals surface area contributed by atoms with Crippen LogP contribution in [0.5, 0.6) is 0 Å². The van der Waals surface area contributed by atoms with Crippen molar-refractivity contribution in [1.82, 2.24) is 9.29 Å². The van der Waals surface area contributed by atoms with E-state index in [4.69, 9.17) is 9.84 Å². The van der Waals surface area contributed by atoms with Gasteiger partial charge < -0.3 is 9.84 Å². The van der Waals surface area contributed by atoms with Crippen molar-refractivity contribution >= 4 is 16.0 Å². The quantitative estimate of drug-likeness (QED) is 0.644. The average Bonchev–Trinajstić information content (AvgIpc) is 3.50. The molecular weight excluding hydrogens is 380 g/mol. The van der Waals surface area contributed by atoms with Gasteiger partial charge in [-0.15, -0.1) is 0 Å². The van der Waals surface area contributed by atoms with Crippen LogP contribution in [-0.4, -0.2) is 55.1 Å². The number of hydrogen-bond acceptors (Lipinski definition) is 5. The van der Waals surface area contributed by atoms with Gasteiger partial charge in [-0.3, -0.25) is 9.78 Å². The number of carboxylic acids is 1. The lowest BCUT2D eigenvalue weighted by Gasteiger charge is -2.19. The summed E-state index contributed by atoms with van der Waals surface area (Å²) in [5.74, 6) is -0.865. The normalized spacial score (nSPS) is 16.3. The highest BCUT2D eigenvalue weighted by Gasteiger charge is 2.31. The molecule has 1 saturated heterocycles. The fourth-order valence-corrected chi connectivity index (χ4v) is 4.48. The number of aromatic nitrogens is 1. The number of ether oxygens (including phenoxy) is 1. The van der Waals surface area contributed by atoms with E-state index in [0.29, 0.717) is 42.3 Å². The van der Waals surface area contributed by atoms with Gasteiger partial charge in [-0.05, 0) is 36.2 Å². The number of hydrogen-bond donors (Lipinski definition) is 1. The number of likely N-dealkylation sites (N-methyl/N-ethyl adjacent to an activating group) is 1. The lowest BCUT2D eigenvalue weighted by molar-refractivity contribution is -0.136. The second-order valence-electron chi connectivity index (χ2n) is 6.82. The molecule has 1 aromatic carbocycles. The number of carbonyl (C=O) groups is 1. The predicted octanol–water partition coefficient (Wildman–Crippen LogP) is 2.35. The Kier molecular flexibility index (Phi) is 6.12. The van der Waals surface area contributed by atoms with Crippen LogP contribution in [-0.2, 0) is 32.4 Å². The molecule has 1 atom stereocenters. The molecule has 8 heteroatoms. The number of rotatable bonds is 9. The maximum Gasteiger partial charge on any atom is 0.303 e. The van der Waals surface area contributed by atoms with Gasteiger partial charge in [0.1, 0.15) is 0 Å². The first kappa shape index (κ1) is 20.4. The van der Waals surface area contributed by atoms with Gasteiger partial charge in [0.15, 0.2) is 0 Å². The number of aliphatic carboxylic acids is 1. The third-order valence-electron chi connectivity index (χ3n) is 4.69. The van der Waals surface area contributed by atoms with Crippen molar-refractivity contribution in [2.24, 2.45) is 0 Å². The Morgan fingerprint density at radius 2 is 2.07 bits per heavy atom. The molecule has 0 amide bonds. The molecule has 3 rings (SSSR count). The SMILES string of the molecule is CCc1cc(-c2cccc(CCC(=O)O)n2)ccc1S(=O)(=O)N(C)CC1CO1. The summed E-state index contributed by atoms with van der Waals surface area (Å²) < 4.78 is 32.3. The minimum Gasteiger partial charge on any atom is -0.481 e. The van der Waals surface area contributed by atoms with Crippen LogP contribution in [0.25, 0.3) is 11.3 Å². The Balaban J connectivity index is 1.89. The third kappa shape index (κ3) is 4.76. The van der Waals surface area contributed by atoms with Gasteiger partial charge in [0.25, 0.3) is 0 Å². The standard InChI is InChI=1S/C20H24N2O5S/c1-3-14-11-15(18-6-4-5-16(21-18)8-10-20(23)24)7-9-19(14)28(25,26)22(2)12-17-13-27-17/h4-7,9,11,17H,3,8,10,12-13H2,1-2H3,(H,23,24). The molecule has 2 heterocycles. The summed E-state index contributed by atoms with van der Waals surface area (Å²) >= 11 is 0. The second-order valence-corrected chi connectivity index (χ2v) is 8.84. The van der Waals surface area contributed by atoms with Crippen LogP contribution in [0.1, 0.15) is 24.6 Å². The van der Waals surface area contributed by atoms with Crippen molar-refractivity contribution in [3.8, 4) is 11.3 Å². The summed E-state index contributed by atoms with van der Waals surface area (Å²) in [4.78, 5) is 15.6. The summed E-state index contributed by atoms with van der Waals surface area (Å²) in [6.45, 7) is 2.86. The molecule has 0 spiro atoms. The average molecular weight is 404 g/mol. The van der Waals surface area contributed by atoms with Crippen molar-refractivity contribution in [3.05, 3.63) is 47.7 Å². The van der Waals surface area contributed by atoms with Crippen LogP contribution in [0.2, 0.25) is 0 Å². The van der Waals surface area contributed by atoms with Gasteiger partial charge in [-0.1, -0.05) is 19.1 Å². The van der Waals surface area contributed by atoms with Crippen molar-refractivity contribution < 1.29 is 23.1 Å². The molecule has 1 aliphatic rings. The van der Waals surface area contributed by atoms with Crippen molar-refractivity contribution in [1.29, 1.82) is 0 Å². The fourth-order valence-electron chi connectivity index (χ4n) is 3.01. The van der Waals surface area contributed by atoms with Crippen molar-refractivity contribution in [2.75, 3.05) is 20.2 Å². The molecule has 1 unspecified atom stereocenters. The number of aryl methyl sites for hydroxylation is 2. The number of nitrogens with zero attached hydrogens (tertiary/aromatic N) is 2. The van der Waals surface area contributed by atoms with Gasteiger partial charge in [0.2, 0.25) is 10.0 Å². The highest BCUT2D eigenvalue weighted by atomic mass is 32.2. The highest BCUT2D eigenvalue weighted by Crippen LogP contribution is 2.27.